The van der Waals surface area contributed by atoms with Crippen LogP contribution in [0.1, 0.15) is 40.0 Å². The van der Waals surface area contributed by atoms with E-state index < -0.39 is 29.7 Å². The summed E-state index contributed by atoms with van der Waals surface area (Å²) < 4.78 is 9.97. The topological polar surface area (TPSA) is 105 Å². The van der Waals surface area contributed by atoms with Gasteiger partial charge in [-0.3, -0.25) is 4.79 Å². The summed E-state index contributed by atoms with van der Waals surface area (Å²) in [4.78, 5) is 38.1. The number of methoxy groups -OCH3 is 1. The molecular weight excluding hydrogens is 316 g/mol. The minimum atomic E-state index is -0.735. The lowest BCUT2D eigenvalue weighted by Gasteiger charge is -2.38. The van der Waals surface area contributed by atoms with Gasteiger partial charge in [0, 0.05) is 18.6 Å². The molecule has 2 N–H and O–H groups in total. The number of rotatable bonds is 3. The first kappa shape index (κ1) is 18.5. The Kier molecular flexibility index (Phi) is 5.37. The van der Waals surface area contributed by atoms with E-state index in [4.69, 9.17) is 9.47 Å². The molecule has 2 heterocycles. The van der Waals surface area contributed by atoms with Gasteiger partial charge in [-0.1, -0.05) is 0 Å². The molecule has 136 valence electrons. The minimum absolute atomic E-state index is 0.0912. The molecule has 4 atom stereocenters. The summed E-state index contributed by atoms with van der Waals surface area (Å²) in [6.07, 6.45) is 0.764. The standard InChI is InChI=1S/C16H26N2O6/c1-16(2,3)24-15(22)17-10-5-6-11-9(8-19)7-12(14(21)23-4)18(11)13(10)20/h9-12,19H,5-8H2,1-4H3,(H,17,22)/t9-,10+,11-,12+/m1/s1. The number of nitrogens with zero attached hydrogens (tertiary/aromatic N) is 1. The molecule has 24 heavy (non-hydrogen) atoms. The van der Waals surface area contributed by atoms with E-state index >= 15 is 0 Å². The molecule has 2 fully saturated rings. The SMILES string of the molecule is COC(=O)[C@@H]1C[C@H](CO)[C@H]2CC[C@H](NC(=O)OC(C)(C)C)C(=O)N21. The second-order valence-electron chi connectivity index (χ2n) is 7.31. The van der Waals surface area contributed by atoms with E-state index in [0.717, 1.165) is 0 Å². The van der Waals surface area contributed by atoms with E-state index in [1.165, 1.54) is 12.0 Å². The number of esters is 1. The summed E-state index contributed by atoms with van der Waals surface area (Å²) in [6.45, 7) is 5.13. The van der Waals surface area contributed by atoms with Crippen molar-refractivity contribution in [2.45, 2.75) is 63.8 Å². The quantitative estimate of drug-likeness (QED) is 0.721. The van der Waals surface area contributed by atoms with Gasteiger partial charge in [0.1, 0.15) is 17.7 Å². The number of carbonyl (C=O) groups excluding carboxylic acids is 3. The fourth-order valence-electron chi connectivity index (χ4n) is 3.47. The van der Waals surface area contributed by atoms with Crippen molar-refractivity contribution >= 4 is 18.0 Å². The van der Waals surface area contributed by atoms with Crippen LogP contribution in [0.3, 0.4) is 0 Å². The van der Waals surface area contributed by atoms with Crippen molar-refractivity contribution in [2.24, 2.45) is 5.92 Å². The Morgan fingerprint density at radius 1 is 1.33 bits per heavy atom. The van der Waals surface area contributed by atoms with Gasteiger partial charge in [-0.2, -0.15) is 0 Å². The van der Waals surface area contributed by atoms with Crippen LogP contribution in [0, 0.1) is 5.92 Å². The number of amides is 2. The van der Waals surface area contributed by atoms with Crippen molar-refractivity contribution in [3.05, 3.63) is 0 Å². The van der Waals surface area contributed by atoms with E-state index in [-0.39, 0.29) is 24.5 Å². The molecule has 0 bridgehead atoms. The van der Waals surface area contributed by atoms with Gasteiger partial charge < -0.3 is 24.8 Å². The van der Waals surface area contributed by atoms with Crippen LogP contribution in [0.15, 0.2) is 0 Å². The van der Waals surface area contributed by atoms with Crippen LogP contribution >= 0.6 is 0 Å². The highest BCUT2D eigenvalue weighted by atomic mass is 16.6. The van der Waals surface area contributed by atoms with E-state index in [1.807, 2.05) is 0 Å². The molecule has 2 aliphatic rings. The number of nitrogens with one attached hydrogen (secondary N) is 1. The van der Waals surface area contributed by atoms with Crippen LogP contribution in [0.4, 0.5) is 4.79 Å². The van der Waals surface area contributed by atoms with Gasteiger partial charge >= 0.3 is 12.1 Å². The molecule has 8 nitrogen and oxygen atoms in total. The van der Waals surface area contributed by atoms with E-state index in [2.05, 4.69) is 5.32 Å². The van der Waals surface area contributed by atoms with Crippen molar-refractivity contribution in [2.75, 3.05) is 13.7 Å². The summed E-state index contributed by atoms with van der Waals surface area (Å²) in [5.74, 6) is -0.980. The number of aliphatic hydroxyl groups excluding tert-OH is 1. The largest absolute Gasteiger partial charge is 0.467 e. The van der Waals surface area contributed by atoms with Crippen molar-refractivity contribution in [3.63, 3.8) is 0 Å². The first-order valence-corrected chi connectivity index (χ1v) is 8.18. The minimum Gasteiger partial charge on any atom is -0.467 e. The first-order chi connectivity index (χ1) is 11.2. The van der Waals surface area contributed by atoms with Crippen LogP contribution < -0.4 is 5.32 Å². The maximum Gasteiger partial charge on any atom is 0.408 e. The molecule has 2 amide bonds. The van der Waals surface area contributed by atoms with Crippen LogP contribution in [-0.4, -0.2) is 65.4 Å². The number of alkyl carbamates (subject to hydrolysis) is 1. The Bertz CT molecular complexity index is 515. The highest BCUT2D eigenvalue weighted by Gasteiger charge is 2.51. The summed E-state index contributed by atoms with van der Waals surface area (Å²) in [7, 11) is 1.27. The average Bonchev–Trinajstić information content (AvgIpc) is 2.87. The van der Waals surface area contributed by atoms with Gasteiger partial charge in [-0.15, -0.1) is 0 Å². The molecule has 0 aromatic carbocycles. The third kappa shape index (κ3) is 3.80. The summed E-state index contributed by atoms with van der Waals surface area (Å²) in [6, 6.07) is -1.66. The second-order valence-corrected chi connectivity index (χ2v) is 7.31. The van der Waals surface area contributed by atoms with Gasteiger partial charge in [0.2, 0.25) is 5.91 Å². The third-order valence-electron chi connectivity index (χ3n) is 4.47. The fourth-order valence-corrected chi connectivity index (χ4v) is 3.47. The number of hydrogen-bond acceptors (Lipinski definition) is 6. The molecule has 0 aromatic rings. The molecule has 0 radical (unpaired) electrons. The highest BCUT2D eigenvalue weighted by Crippen LogP contribution is 2.37. The number of ether oxygens (including phenoxy) is 2. The maximum absolute atomic E-state index is 12.8. The molecule has 8 heteroatoms. The van der Waals surface area contributed by atoms with Crippen LogP contribution in [0.5, 0.6) is 0 Å². The van der Waals surface area contributed by atoms with Crippen LogP contribution in [0.25, 0.3) is 0 Å². The predicted molar refractivity (Wildman–Crippen MR) is 84.0 cm³/mol. The van der Waals surface area contributed by atoms with Crippen LogP contribution in [0.2, 0.25) is 0 Å². The predicted octanol–water partition coefficient (Wildman–Crippen LogP) is 0.424. The lowest BCUT2D eigenvalue weighted by molar-refractivity contribution is -0.154. The van der Waals surface area contributed by atoms with Crippen molar-refractivity contribution in [1.29, 1.82) is 0 Å². The Hall–Kier alpha value is -1.83. The second kappa shape index (κ2) is 6.96. The number of carbonyl (C=O) groups is 3. The summed E-state index contributed by atoms with van der Waals surface area (Å²) in [5, 5.41) is 12.1. The van der Waals surface area contributed by atoms with E-state index in [1.54, 1.807) is 20.8 Å². The molecule has 0 aliphatic carbocycles. The van der Waals surface area contributed by atoms with Gasteiger partial charge in [0.25, 0.3) is 0 Å². The normalized spacial score (nSPS) is 29.9. The number of aliphatic hydroxyl groups is 1. The van der Waals surface area contributed by atoms with Gasteiger partial charge in [0.15, 0.2) is 0 Å². The maximum atomic E-state index is 12.8. The number of piperidine rings is 1. The van der Waals surface area contributed by atoms with Gasteiger partial charge in [-0.05, 0) is 40.0 Å². The average molecular weight is 342 g/mol. The van der Waals surface area contributed by atoms with Crippen molar-refractivity contribution < 1.29 is 29.0 Å². The van der Waals surface area contributed by atoms with Crippen molar-refractivity contribution in [1.82, 2.24) is 10.2 Å². The highest BCUT2D eigenvalue weighted by molar-refractivity contribution is 5.91. The Balaban J connectivity index is 2.11. The molecule has 2 rings (SSSR count). The summed E-state index contributed by atoms with van der Waals surface area (Å²) in [5.41, 5.74) is -0.658. The van der Waals surface area contributed by atoms with Gasteiger partial charge in [-0.25, -0.2) is 9.59 Å². The molecule has 2 aliphatic heterocycles. The zero-order valence-corrected chi connectivity index (χ0v) is 14.6. The fraction of sp³-hybridized carbons (Fsp3) is 0.812. The van der Waals surface area contributed by atoms with Crippen LogP contribution in [-0.2, 0) is 19.1 Å². The Labute approximate surface area is 141 Å². The zero-order valence-electron chi connectivity index (χ0n) is 14.6. The Morgan fingerprint density at radius 2 is 2.00 bits per heavy atom. The first-order valence-electron chi connectivity index (χ1n) is 8.18. The molecular formula is C16H26N2O6. The molecule has 2 saturated heterocycles. The lowest BCUT2D eigenvalue weighted by Crippen LogP contribution is -2.58. The Morgan fingerprint density at radius 3 is 2.54 bits per heavy atom. The zero-order chi connectivity index (χ0) is 18.1. The molecule has 0 spiro atoms. The molecule has 0 saturated carbocycles. The van der Waals surface area contributed by atoms with E-state index in [0.29, 0.717) is 19.3 Å². The number of fused-ring (bicyclic) bond motifs is 1. The molecule has 0 unspecified atom stereocenters. The lowest BCUT2D eigenvalue weighted by atomic mass is 9.91. The summed E-state index contributed by atoms with van der Waals surface area (Å²) >= 11 is 0. The monoisotopic (exact) mass is 342 g/mol. The smallest absolute Gasteiger partial charge is 0.408 e. The molecule has 0 aromatic heterocycles. The van der Waals surface area contributed by atoms with Crippen molar-refractivity contribution in [3.8, 4) is 0 Å². The number of hydrogen-bond donors (Lipinski definition) is 2. The van der Waals surface area contributed by atoms with Gasteiger partial charge in [0.05, 0.1) is 7.11 Å². The van der Waals surface area contributed by atoms with E-state index in [9.17, 15) is 19.5 Å². The third-order valence-corrected chi connectivity index (χ3v) is 4.47.